The lowest BCUT2D eigenvalue weighted by atomic mass is 9.97. The van der Waals surface area contributed by atoms with Crippen LogP contribution in [0.5, 0.6) is 0 Å². The van der Waals surface area contributed by atoms with Crippen molar-refractivity contribution in [2.75, 3.05) is 5.75 Å². The second-order valence-corrected chi connectivity index (χ2v) is 7.47. The Kier molecular flexibility index (Phi) is 6.05. The van der Waals surface area contributed by atoms with Crippen molar-refractivity contribution in [3.05, 3.63) is 23.9 Å². The van der Waals surface area contributed by atoms with E-state index in [0.29, 0.717) is 5.65 Å². The van der Waals surface area contributed by atoms with Gasteiger partial charge in [0.25, 0.3) is 0 Å². The van der Waals surface area contributed by atoms with Crippen molar-refractivity contribution in [1.82, 2.24) is 19.9 Å². The van der Waals surface area contributed by atoms with Gasteiger partial charge in [0.05, 0.1) is 11.3 Å². The third kappa shape index (κ3) is 4.90. The third-order valence-electron chi connectivity index (χ3n) is 4.50. The van der Waals surface area contributed by atoms with Crippen molar-refractivity contribution in [2.24, 2.45) is 0 Å². The fourth-order valence-corrected chi connectivity index (χ4v) is 3.86. The summed E-state index contributed by atoms with van der Waals surface area (Å²) in [6.07, 6.45) is 4.40. The molecule has 1 aliphatic rings. The Morgan fingerprint density at radius 3 is 2.54 bits per heavy atom. The van der Waals surface area contributed by atoms with E-state index in [2.05, 4.69) is 15.5 Å². The van der Waals surface area contributed by atoms with Crippen molar-refractivity contribution in [3.63, 3.8) is 0 Å². The number of hydrogen-bond acceptors (Lipinski definition) is 4. The van der Waals surface area contributed by atoms with E-state index < -0.39 is 11.7 Å². The van der Waals surface area contributed by atoms with Crippen LogP contribution in [-0.2, 0) is 11.0 Å². The number of pyridine rings is 1. The van der Waals surface area contributed by atoms with E-state index in [1.807, 2.05) is 0 Å². The van der Waals surface area contributed by atoms with Crippen molar-refractivity contribution >= 4 is 23.3 Å². The molecule has 5 nitrogen and oxygen atoms in total. The van der Waals surface area contributed by atoms with Gasteiger partial charge in [-0.15, -0.1) is 10.2 Å². The van der Waals surface area contributed by atoms with E-state index >= 15 is 0 Å². The number of alkyl halides is 3. The summed E-state index contributed by atoms with van der Waals surface area (Å²) in [5, 5.41) is 11.1. The second-order valence-electron chi connectivity index (χ2n) is 6.52. The predicted octanol–water partition coefficient (Wildman–Crippen LogP) is 4.07. The van der Waals surface area contributed by atoms with Gasteiger partial charge in [-0.2, -0.15) is 13.2 Å². The zero-order valence-corrected chi connectivity index (χ0v) is 15.1. The van der Waals surface area contributed by atoms with Crippen LogP contribution in [0.25, 0.3) is 5.65 Å². The zero-order chi connectivity index (χ0) is 18.6. The highest BCUT2D eigenvalue weighted by Gasteiger charge is 2.31. The van der Waals surface area contributed by atoms with Gasteiger partial charge < -0.3 is 5.32 Å². The molecule has 142 valence electrons. The molecule has 9 heteroatoms. The predicted molar refractivity (Wildman–Crippen MR) is 93.0 cm³/mol. The second kappa shape index (κ2) is 8.28. The SMILES string of the molecule is O=C(CSc1nnc2ccc(C(F)(F)F)cn12)NC1CCCCCCC1. The first-order valence-electron chi connectivity index (χ1n) is 8.77. The smallest absolute Gasteiger partial charge is 0.353 e. The molecule has 0 spiro atoms. The monoisotopic (exact) mass is 386 g/mol. The normalized spacial score (nSPS) is 17.0. The number of thioether (sulfide) groups is 1. The van der Waals surface area contributed by atoms with Gasteiger partial charge in [-0.05, 0) is 25.0 Å². The summed E-state index contributed by atoms with van der Waals surface area (Å²) in [6.45, 7) is 0. The molecule has 3 rings (SSSR count). The lowest BCUT2D eigenvalue weighted by Crippen LogP contribution is -2.36. The lowest BCUT2D eigenvalue weighted by Gasteiger charge is -2.20. The quantitative estimate of drug-likeness (QED) is 0.805. The number of halogens is 3. The van der Waals surface area contributed by atoms with Gasteiger partial charge in [0.1, 0.15) is 0 Å². The number of rotatable bonds is 4. The molecule has 2 aromatic heterocycles. The summed E-state index contributed by atoms with van der Waals surface area (Å²) in [4.78, 5) is 12.2. The maximum Gasteiger partial charge on any atom is 0.417 e. The number of nitrogens with zero attached hydrogens (tertiary/aromatic N) is 3. The molecule has 1 saturated carbocycles. The molecule has 0 bridgehead atoms. The fraction of sp³-hybridized carbons (Fsp3) is 0.588. The van der Waals surface area contributed by atoms with E-state index in [9.17, 15) is 18.0 Å². The van der Waals surface area contributed by atoms with Crippen LogP contribution in [0, 0.1) is 0 Å². The molecule has 1 fully saturated rings. The number of fused-ring (bicyclic) bond motifs is 1. The highest BCUT2D eigenvalue weighted by molar-refractivity contribution is 7.99. The highest BCUT2D eigenvalue weighted by Crippen LogP contribution is 2.30. The van der Waals surface area contributed by atoms with E-state index in [0.717, 1.165) is 49.7 Å². The minimum atomic E-state index is -4.43. The molecule has 1 aliphatic carbocycles. The number of carbonyl (C=O) groups is 1. The molecular weight excluding hydrogens is 365 g/mol. The number of carbonyl (C=O) groups excluding carboxylic acids is 1. The maximum atomic E-state index is 12.9. The molecule has 0 radical (unpaired) electrons. The molecule has 2 aromatic rings. The van der Waals surface area contributed by atoms with E-state index in [1.165, 1.54) is 29.7 Å². The Morgan fingerprint density at radius 2 is 1.85 bits per heavy atom. The summed E-state index contributed by atoms with van der Waals surface area (Å²) in [5.41, 5.74) is -0.452. The largest absolute Gasteiger partial charge is 0.417 e. The van der Waals surface area contributed by atoms with Crippen LogP contribution in [0.1, 0.15) is 50.5 Å². The minimum absolute atomic E-state index is 0.105. The first kappa shape index (κ1) is 19.0. The Balaban J connectivity index is 1.61. The fourth-order valence-electron chi connectivity index (χ4n) is 3.14. The average Bonchev–Trinajstić information content (AvgIpc) is 2.97. The van der Waals surface area contributed by atoms with Crippen LogP contribution in [0.4, 0.5) is 13.2 Å². The van der Waals surface area contributed by atoms with Crippen molar-refractivity contribution in [3.8, 4) is 0 Å². The summed E-state index contributed by atoms with van der Waals surface area (Å²) in [7, 11) is 0. The maximum absolute atomic E-state index is 12.9. The van der Waals surface area contributed by atoms with Crippen LogP contribution >= 0.6 is 11.8 Å². The van der Waals surface area contributed by atoms with Crippen LogP contribution < -0.4 is 5.32 Å². The molecule has 0 aromatic carbocycles. The van der Waals surface area contributed by atoms with Gasteiger partial charge in [0.15, 0.2) is 10.8 Å². The Hall–Kier alpha value is -1.77. The van der Waals surface area contributed by atoms with E-state index in [-0.39, 0.29) is 22.9 Å². The minimum Gasteiger partial charge on any atom is -0.353 e. The Labute approximate surface area is 153 Å². The van der Waals surface area contributed by atoms with Gasteiger partial charge >= 0.3 is 6.18 Å². The number of nitrogens with one attached hydrogen (secondary N) is 1. The first-order valence-corrected chi connectivity index (χ1v) is 9.76. The van der Waals surface area contributed by atoms with E-state index in [4.69, 9.17) is 0 Å². The standard InChI is InChI=1S/C17H21F3N4OS/c18-17(19,20)12-8-9-14-22-23-16(24(14)10-12)26-11-15(25)21-13-6-4-2-1-3-5-7-13/h8-10,13H,1-7,11H2,(H,21,25). The third-order valence-corrected chi connectivity index (χ3v) is 5.44. The molecule has 0 atom stereocenters. The number of hydrogen-bond donors (Lipinski definition) is 1. The number of aromatic nitrogens is 3. The van der Waals surface area contributed by atoms with Crippen LogP contribution in [0.2, 0.25) is 0 Å². The molecule has 0 unspecified atom stereocenters. The Bertz CT molecular complexity index is 754. The van der Waals surface area contributed by atoms with Crippen molar-refractivity contribution in [2.45, 2.75) is 62.3 Å². The lowest BCUT2D eigenvalue weighted by molar-refractivity contribution is -0.137. The molecule has 26 heavy (non-hydrogen) atoms. The first-order chi connectivity index (χ1) is 12.4. The van der Waals surface area contributed by atoms with Crippen LogP contribution in [0.3, 0.4) is 0 Å². The summed E-state index contributed by atoms with van der Waals surface area (Å²) < 4.78 is 39.9. The Morgan fingerprint density at radius 1 is 1.15 bits per heavy atom. The van der Waals surface area contributed by atoms with Gasteiger partial charge in [-0.25, -0.2) is 0 Å². The molecular formula is C17H21F3N4OS. The van der Waals surface area contributed by atoms with Gasteiger partial charge in [-0.1, -0.05) is 43.9 Å². The summed E-state index contributed by atoms with van der Waals surface area (Å²) in [5.74, 6) is -0.0163. The topological polar surface area (TPSA) is 59.3 Å². The molecule has 1 N–H and O–H groups in total. The molecule has 0 aliphatic heterocycles. The number of amides is 1. The summed E-state index contributed by atoms with van der Waals surface area (Å²) >= 11 is 1.09. The van der Waals surface area contributed by atoms with Gasteiger partial charge in [-0.3, -0.25) is 9.20 Å². The average molecular weight is 386 g/mol. The molecule has 0 saturated heterocycles. The van der Waals surface area contributed by atoms with Gasteiger partial charge in [0.2, 0.25) is 5.91 Å². The van der Waals surface area contributed by atoms with Crippen LogP contribution in [-0.4, -0.2) is 32.3 Å². The van der Waals surface area contributed by atoms with Crippen LogP contribution in [0.15, 0.2) is 23.5 Å². The van der Waals surface area contributed by atoms with E-state index in [1.54, 1.807) is 0 Å². The van der Waals surface area contributed by atoms with Crippen molar-refractivity contribution < 1.29 is 18.0 Å². The van der Waals surface area contributed by atoms with Crippen molar-refractivity contribution in [1.29, 1.82) is 0 Å². The molecule has 1 amide bonds. The highest BCUT2D eigenvalue weighted by atomic mass is 32.2. The summed E-state index contributed by atoms with van der Waals surface area (Å²) in [6, 6.07) is 2.43. The molecule has 2 heterocycles. The van der Waals surface area contributed by atoms with Gasteiger partial charge in [0, 0.05) is 12.2 Å². The zero-order valence-electron chi connectivity index (χ0n) is 14.3.